The monoisotopic (exact) mass is 337 g/mol. The maximum absolute atomic E-state index is 11.6. The van der Waals surface area contributed by atoms with E-state index < -0.39 is 15.2 Å². The third kappa shape index (κ3) is 4.70. The average molecular weight is 338 g/mol. The standard InChI is InChI=1S/C12H13Cl2NO4S/c1-3-6-15-12(16)8(2)19-11-5-4-9(7-10(11)13)20(14,17)18/h3-5,7-8H,1,6H2,2H3,(H,15,16). The molecule has 0 aliphatic rings. The Hall–Kier alpha value is -1.24. The summed E-state index contributed by atoms with van der Waals surface area (Å²) in [5.41, 5.74) is 0. The van der Waals surface area contributed by atoms with Gasteiger partial charge in [0.25, 0.3) is 15.0 Å². The maximum atomic E-state index is 11.6. The van der Waals surface area contributed by atoms with Crippen molar-refractivity contribution in [1.82, 2.24) is 5.32 Å². The van der Waals surface area contributed by atoms with Crippen molar-refractivity contribution in [1.29, 1.82) is 0 Å². The Morgan fingerprint density at radius 1 is 1.55 bits per heavy atom. The fourth-order valence-electron chi connectivity index (χ4n) is 1.29. The molecule has 110 valence electrons. The van der Waals surface area contributed by atoms with Crippen molar-refractivity contribution in [3.05, 3.63) is 35.9 Å². The van der Waals surface area contributed by atoms with E-state index in [0.717, 1.165) is 6.07 Å². The number of hydrogen-bond acceptors (Lipinski definition) is 4. The lowest BCUT2D eigenvalue weighted by Crippen LogP contribution is -2.36. The van der Waals surface area contributed by atoms with Gasteiger partial charge in [-0.25, -0.2) is 8.42 Å². The van der Waals surface area contributed by atoms with Crippen LogP contribution in [0.5, 0.6) is 5.75 Å². The second-order valence-corrected chi connectivity index (χ2v) is 6.80. The molecule has 0 aromatic heterocycles. The van der Waals surface area contributed by atoms with E-state index in [-0.39, 0.29) is 21.6 Å². The van der Waals surface area contributed by atoms with E-state index in [0.29, 0.717) is 6.54 Å². The van der Waals surface area contributed by atoms with Crippen LogP contribution in [0.15, 0.2) is 35.7 Å². The summed E-state index contributed by atoms with van der Waals surface area (Å²) >= 11 is 5.89. The number of benzene rings is 1. The highest BCUT2D eigenvalue weighted by Gasteiger charge is 2.17. The van der Waals surface area contributed by atoms with E-state index in [1.807, 2.05) is 0 Å². The van der Waals surface area contributed by atoms with Gasteiger partial charge in [-0.05, 0) is 25.1 Å². The van der Waals surface area contributed by atoms with Crippen LogP contribution in [0.4, 0.5) is 0 Å². The van der Waals surface area contributed by atoms with Crippen molar-refractivity contribution < 1.29 is 17.9 Å². The normalized spacial score (nSPS) is 12.6. The molecule has 1 atom stereocenters. The van der Waals surface area contributed by atoms with Crippen LogP contribution in [0, 0.1) is 0 Å². The zero-order valence-electron chi connectivity index (χ0n) is 10.6. The SMILES string of the molecule is C=CCNC(=O)C(C)Oc1ccc(S(=O)(=O)Cl)cc1Cl. The van der Waals surface area contributed by atoms with Crippen molar-refractivity contribution in [3.8, 4) is 5.75 Å². The van der Waals surface area contributed by atoms with Gasteiger partial charge in [-0.2, -0.15) is 0 Å². The number of amides is 1. The topological polar surface area (TPSA) is 72.5 Å². The minimum absolute atomic E-state index is 0.0510. The van der Waals surface area contributed by atoms with Gasteiger partial charge in [0, 0.05) is 17.2 Å². The number of carbonyl (C=O) groups excluding carboxylic acids is 1. The molecule has 0 saturated carbocycles. The minimum atomic E-state index is -3.86. The summed E-state index contributed by atoms with van der Waals surface area (Å²) in [6, 6.07) is 3.75. The van der Waals surface area contributed by atoms with E-state index in [4.69, 9.17) is 27.0 Å². The van der Waals surface area contributed by atoms with Crippen LogP contribution >= 0.6 is 22.3 Å². The molecular weight excluding hydrogens is 325 g/mol. The van der Waals surface area contributed by atoms with Crippen LogP contribution < -0.4 is 10.1 Å². The Morgan fingerprint density at radius 2 is 2.20 bits per heavy atom. The van der Waals surface area contributed by atoms with Crippen LogP contribution in [0.1, 0.15) is 6.92 Å². The van der Waals surface area contributed by atoms with E-state index in [9.17, 15) is 13.2 Å². The molecule has 0 aliphatic heterocycles. The molecule has 0 spiro atoms. The fraction of sp³-hybridized carbons (Fsp3) is 0.250. The van der Waals surface area contributed by atoms with Gasteiger partial charge in [-0.1, -0.05) is 17.7 Å². The van der Waals surface area contributed by atoms with Gasteiger partial charge < -0.3 is 10.1 Å². The molecule has 0 heterocycles. The zero-order chi connectivity index (χ0) is 15.3. The first-order chi connectivity index (χ1) is 9.25. The highest BCUT2D eigenvalue weighted by atomic mass is 35.7. The number of hydrogen-bond donors (Lipinski definition) is 1. The molecule has 20 heavy (non-hydrogen) atoms. The molecule has 0 aliphatic carbocycles. The average Bonchev–Trinajstić information content (AvgIpc) is 2.36. The van der Waals surface area contributed by atoms with Crippen molar-refractivity contribution >= 4 is 37.2 Å². The Labute approximate surface area is 126 Å². The lowest BCUT2D eigenvalue weighted by atomic mass is 10.3. The molecular formula is C12H13Cl2NO4S. The number of carbonyl (C=O) groups is 1. The Morgan fingerprint density at radius 3 is 2.70 bits per heavy atom. The number of ether oxygens (including phenoxy) is 1. The predicted molar refractivity (Wildman–Crippen MR) is 77.8 cm³/mol. The largest absolute Gasteiger partial charge is 0.479 e. The van der Waals surface area contributed by atoms with E-state index in [1.165, 1.54) is 18.2 Å². The summed E-state index contributed by atoms with van der Waals surface area (Å²) in [6.07, 6.45) is 0.753. The summed E-state index contributed by atoms with van der Waals surface area (Å²) in [7, 11) is 1.34. The van der Waals surface area contributed by atoms with Crippen molar-refractivity contribution in [2.75, 3.05) is 6.54 Å². The summed E-state index contributed by atoms with van der Waals surface area (Å²) in [5, 5.41) is 2.62. The molecule has 1 amide bonds. The quantitative estimate of drug-likeness (QED) is 0.638. The van der Waals surface area contributed by atoms with Gasteiger partial charge in [-0.3, -0.25) is 4.79 Å². The summed E-state index contributed by atoms with van der Waals surface area (Å²) < 4.78 is 27.6. The van der Waals surface area contributed by atoms with Gasteiger partial charge in [0.1, 0.15) is 5.75 Å². The molecule has 0 saturated heterocycles. The summed E-state index contributed by atoms with van der Waals surface area (Å²) in [6.45, 7) is 5.34. The van der Waals surface area contributed by atoms with Crippen LogP contribution in [0.2, 0.25) is 5.02 Å². The molecule has 0 fully saturated rings. The molecule has 0 bridgehead atoms. The zero-order valence-corrected chi connectivity index (χ0v) is 12.9. The first kappa shape index (κ1) is 16.8. The lowest BCUT2D eigenvalue weighted by molar-refractivity contribution is -0.127. The Balaban J connectivity index is 2.84. The first-order valence-electron chi connectivity index (χ1n) is 5.55. The molecule has 5 nitrogen and oxygen atoms in total. The smallest absolute Gasteiger partial charge is 0.261 e. The van der Waals surface area contributed by atoms with Gasteiger partial charge in [0.05, 0.1) is 9.92 Å². The van der Waals surface area contributed by atoms with Crippen molar-refractivity contribution in [2.24, 2.45) is 0 Å². The van der Waals surface area contributed by atoms with Crippen LogP contribution in [0.3, 0.4) is 0 Å². The molecule has 0 radical (unpaired) electrons. The van der Waals surface area contributed by atoms with Crippen molar-refractivity contribution in [2.45, 2.75) is 17.9 Å². The molecule has 1 unspecified atom stereocenters. The number of rotatable bonds is 6. The minimum Gasteiger partial charge on any atom is -0.479 e. The van der Waals surface area contributed by atoms with E-state index in [1.54, 1.807) is 6.92 Å². The Bertz CT molecular complexity index is 616. The van der Waals surface area contributed by atoms with Crippen molar-refractivity contribution in [3.63, 3.8) is 0 Å². The highest BCUT2D eigenvalue weighted by molar-refractivity contribution is 8.13. The van der Waals surface area contributed by atoms with Gasteiger partial charge in [0.2, 0.25) is 0 Å². The summed E-state index contributed by atoms with van der Waals surface area (Å²) in [5.74, 6) is -0.146. The molecule has 1 aromatic rings. The van der Waals surface area contributed by atoms with E-state index in [2.05, 4.69) is 11.9 Å². The highest BCUT2D eigenvalue weighted by Crippen LogP contribution is 2.29. The van der Waals surface area contributed by atoms with Crippen LogP contribution in [-0.2, 0) is 13.8 Å². The van der Waals surface area contributed by atoms with Crippen LogP contribution in [-0.4, -0.2) is 27.0 Å². The van der Waals surface area contributed by atoms with Gasteiger partial charge in [0.15, 0.2) is 6.10 Å². The second-order valence-electron chi connectivity index (χ2n) is 3.82. The molecule has 8 heteroatoms. The van der Waals surface area contributed by atoms with Crippen LogP contribution in [0.25, 0.3) is 0 Å². The Kier molecular flexibility index (Phi) is 5.86. The number of nitrogens with one attached hydrogen (secondary N) is 1. The lowest BCUT2D eigenvalue weighted by Gasteiger charge is -2.15. The predicted octanol–water partition coefficient (Wildman–Crippen LogP) is 2.34. The third-order valence-electron chi connectivity index (χ3n) is 2.28. The third-order valence-corrected chi connectivity index (χ3v) is 3.93. The molecule has 1 rings (SSSR count). The molecule has 1 aromatic carbocycles. The maximum Gasteiger partial charge on any atom is 0.261 e. The van der Waals surface area contributed by atoms with Gasteiger partial charge in [-0.15, -0.1) is 6.58 Å². The number of halogens is 2. The second kappa shape index (κ2) is 6.97. The molecule has 1 N–H and O–H groups in total. The fourth-order valence-corrected chi connectivity index (χ4v) is 2.36. The van der Waals surface area contributed by atoms with E-state index >= 15 is 0 Å². The first-order valence-corrected chi connectivity index (χ1v) is 8.24. The van der Waals surface area contributed by atoms with Gasteiger partial charge >= 0.3 is 0 Å². The summed E-state index contributed by atoms with van der Waals surface area (Å²) in [4.78, 5) is 11.5.